The van der Waals surface area contributed by atoms with Crippen molar-refractivity contribution < 1.29 is 0 Å². The first-order chi connectivity index (χ1) is 28.8. The first-order valence-electron chi connectivity index (χ1n) is 19.9. The van der Waals surface area contributed by atoms with Crippen molar-refractivity contribution in [3.8, 4) is 39.1 Å². The van der Waals surface area contributed by atoms with Crippen molar-refractivity contribution in [2.24, 2.45) is 0 Å². The van der Waals surface area contributed by atoms with Gasteiger partial charge in [-0.25, -0.2) is 0 Å². The van der Waals surface area contributed by atoms with E-state index < -0.39 is 0 Å². The van der Waals surface area contributed by atoms with E-state index in [0.29, 0.717) is 0 Å². The van der Waals surface area contributed by atoms with Crippen LogP contribution in [0.3, 0.4) is 0 Å². The van der Waals surface area contributed by atoms with Gasteiger partial charge in [0.05, 0.1) is 16.7 Å². The minimum Gasteiger partial charge on any atom is -0.310 e. The van der Waals surface area contributed by atoms with E-state index in [2.05, 4.69) is 240 Å². The van der Waals surface area contributed by atoms with E-state index in [1.54, 1.807) is 0 Å². The lowest BCUT2D eigenvalue weighted by Crippen LogP contribution is -2.12. The summed E-state index contributed by atoms with van der Waals surface area (Å²) in [4.78, 5) is 2.45. The lowest BCUT2D eigenvalue weighted by molar-refractivity contribution is 1.18. The smallest absolute Gasteiger partial charge is 0.0561 e. The van der Waals surface area contributed by atoms with Gasteiger partial charge in [-0.3, -0.25) is 0 Å². The zero-order chi connectivity index (χ0) is 38.4. The van der Waals surface area contributed by atoms with Gasteiger partial charge in [-0.2, -0.15) is 0 Å². The summed E-state index contributed by atoms with van der Waals surface area (Å²) < 4.78 is 2.40. The van der Waals surface area contributed by atoms with Crippen LogP contribution >= 0.6 is 0 Å². The van der Waals surface area contributed by atoms with Crippen LogP contribution in [-0.4, -0.2) is 4.57 Å². The fourth-order valence-electron chi connectivity index (χ4n) is 8.88. The molecule has 0 aliphatic rings. The summed E-state index contributed by atoms with van der Waals surface area (Å²) in [6.07, 6.45) is 0. The molecule has 0 fully saturated rings. The van der Waals surface area contributed by atoms with Crippen molar-refractivity contribution >= 4 is 60.4 Å². The molecule has 0 amide bonds. The second-order valence-corrected chi connectivity index (χ2v) is 14.9. The van der Waals surface area contributed by atoms with Gasteiger partial charge < -0.3 is 9.47 Å². The van der Waals surface area contributed by atoms with E-state index in [1.165, 1.54) is 60.1 Å². The quantitative estimate of drug-likeness (QED) is 0.148. The topological polar surface area (TPSA) is 8.17 Å². The number of benzene rings is 10. The molecule has 1 heterocycles. The first kappa shape index (κ1) is 33.6. The Hall–Kier alpha value is -7.68. The molecule has 58 heavy (non-hydrogen) atoms. The Kier molecular flexibility index (Phi) is 8.19. The number of rotatable bonds is 7. The van der Waals surface area contributed by atoms with Gasteiger partial charge in [-0.05, 0) is 104 Å². The highest BCUT2D eigenvalue weighted by Gasteiger charge is 2.21. The van der Waals surface area contributed by atoms with Crippen LogP contribution in [0.2, 0.25) is 0 Å². The molecule has 0 aliphatic carbocycles. The third-order valence-electron chi connectivity index (χ3n) is 11.6. The number of para-hydroxylation sites is 2. The highest BCUT2D eigenvalue weighted by atomic mass is 15.1. The Morgan fingerprint density at radius 3 is 1.74 bits per heavy atom. The van der Waals surface area contributed by atoms with E-state index >= 15 is 0 Å². The normalized spacial score (nSPS) is 11.4. The molecule has 0 aliphatic heterocycles. The van der Waals surface area contributed by atoms with Gasteiger partial charge in [0.15, 0.2) is 0 Å². The highest BCUT2D eigenvalue weighted by molar-refractivity contribution is 6.13. The molecule has 0 bridgehead atoms. The van der Waals surface area contributed by atoms with Gasteiger partial charge >= 0.3 is 0 Å². The molecule has 0 atom stereocenters. The van der Waals surface area contributed by atoms with Gasteiger partial charge in [0.2, 0.25) is 0 Å². The Balaban J connectivity index is 1.18. The fraction of sp³-hybridized carbons (Fsp3) is 0. The first-order valence-corrected chi connectivity index (χ1v) is 19.9. The Morgan fingerprint density at radius 1 is 0.293 bits per heavy atom. The summed E-state index contributed by atoms with van der Waals surface area (Å²) in [7, 11) is 0. The predicted molar refractivity (Wildman–Crippen MR) is 247 cm³/mol. The summed E-state index contributed by atoms with van der Waals surface area (Å²) in [5.41, 5.74) is 13.8. The number of nitrogens with zero attached hydrogens (tertiary/aromatic N) is 2. The molecule has 0 spiro atoms. The van der Waals surface area contributed by atoms with Crippen LogP contribution < -0.4 is 4.90 Å². The molecule has 1 aromatic heterocycles. The Bertz CT molecular complexity index is 3270. The predicted octanol–water partition coefficient (Wildman–Crippen LogP) is 15.6. The third kappa shape index (κ3) is 5.74. The van der Waals surface area contributed by atoms with Crippen molar-refractivity contribution in [2.75, 3.05) is 4.90 Å². The monoisotopic (exact) mass is 738 g/mol. The highest BCUT2D eigenvalue weighted by Crippen LogP contribution is 2.46. The summed E-state index contributed by atoms with van der Waals surface area (Å²) in [6, 6.07) is 83.8. The molecular weight excluding hydrogens is 701 g/mol. The standard InChI is InChI=1S/C56H38N2/c1-4-16-39(17-5-1)42-31-35-55(53(37-42)40-18-6-2-7-19-40)57(46-32-34-52-51-26-12-13-29-54(51)58(56(52)38-46)44-22-8-3-9-23-44)45-24-14-21-43(36-45)48-27-15-28-49-47-25-11-10-20-41(47)30-33-50(48)49/h1-38H. The van der Waals surface area contributed by atoms with E-state index in [9.17, 15) is 0 Å². The number of fused-ring (bicyclic) bond motifs is 6. The zero-order valence-corrected chi connectivity index (χ0v) is 31.8. The summed E-state index contributed by atoms with van der Waals surface area (Å²) in [6.45, 7) is 0. The molecule has 0 unspecified atom stereocenters. The van der Waals surface area contributed by atoms with Crippen LogP contribution in [0.15, 0.2) is 231 Å². The molecule has 0 N–H and O–H groups in total. The van der Waals surface area contributed by atoms with Crippen molar-refractivity contribution in [1.82, 2.24) is 4.57 Å². The Labute approximate surface area is 338 Å². The molecule has 272 valence electrons. The molecule has 2 nitrogen and oxygen atoms in total. The van der Waals surface area contributed by atoms with Crippen LogP contribution in [0.4, 0.5) is 17.1 Å². The van der Waals surface area contributed by atoms with Crippen LogP contribution in [0.1, 0.15) is 0 Å². The second-order valence-electron chi connectivity index (χ2n) is 14.9. The summed E-state index contributed by atoms with van der Waals surface area (Å²) in [5.74, 6) is 0. The van der Waals surface area contributed by atoms with Crippen molar-refractivity contribution in [2.45, 2.75) is 0 Å². The average Bonchev–Trinajstić information content (AvgIpc) is 3.63. The summed E-state index contributed by atoms with van der Waals surface area (Å²) in [5, 5.41) is 7.50. The van der Waals surface area contributed by atoms with E-state index in [-0.39, 0.29) is 0 Å². The zero-order valence-electron chi connectivity index (χ0n) is 31.8. The van der Waals surface area contributed by atoms with Gasteiger partial charge in [-0.1, -0.05) is 176 Å². The van der Waals surface area contributed by atoms with E-state index in [0.717, 1.165) is 39.4 Å². The number of hydrogen-bond acceptors (Lipinski definition) is 1. The molecule has 11 aromatic rings. The maximum atomic E-state index is 2.45. The lowest BCUT2D eigenvalue weighted by atomic mass is 9.94. The molecular formula is C56H38N2. The molecule has 0 saturated heterocycles. The maximum Gasteiger partial charge on any atom is 0.0561 e. The van der Waals surface area contributed by atoms with Crippen LogP contribution in [0.5, 0.6) is 0 Å². The lowest BCUT2D eigenvalue weighted by Gasteiger charge is -2.29. The number of anilines is 3. The van der Waals surface area contributed by atoms with Gasteiger partial charge in [-0.15, -0.1) is 0 Å². The number of aromatic nitrogens is 1. The van der Waals surface area contributed by atoms with E-state index in [4.69, 9.17) is 0 Å². The van der Waals surface area contributed by atoms with Crippen molar-refractivity contribution in [3.05, 3.63) is 231 Å². The number of hydrogen-bond donors (Lipinski definition) is 0. The largest absolute Gasteiger partial charge is 0.310 e. The molecule has 0 radical (unpaired) electrons. The van der Waals surface area contributed by atoms with Gasteiger partial charge in [0, 0.05) is 33.4 Å². The minimum absolute atomic E-state index is 1.08. The van der Waals surface area contributed by atoms with Crippen LogP contribution in [0.25, 0.3) is 82.4 Å². The minimum atomic E-state index is 1.08. The molecule has 0 saturated carbocycles. The third-order valence-corrected chi connectivity index (χ3v) is 11.6. The van der Waals surface area contributed by atoms with Gasteiger partial charge in [0.1, 0.15) is 0 Å². The van der Waals surface area contributed by atoms with Crippen LogP contribution in [-0.2, 0) is 0 Å². The van der Waals surface area contributed by atoms with Crippen molar-refractivity contribution in [3.63, 3.8) is 0 Å². The fourth-order valence-corrected chi connectivity index (χ4v) is 8.88. The SMILES string of the molecule is c1ccc(-c2ccc(N(c3cccc(-c4cccc5c4ccc4ccccc45)c3)c3ccc4c5ccccc5n(-c5ccccc5)c4c3)c(-c3ccccc3)c2)cc1. The summed E-state index contributed by atoms with van der Waals surface area (Å²) >= 11 is 0. The second kappa shape index (κ2) is 14.1. The molecule has 10 aromatic carbocycles. The van der Waals surface area contributed by atoms with Crippen molar-refractivity contribution in [1.29, 1.82) is 0 Å². The maximum absolute atomic E-state index is 2.45. The van der Waals surface area contributed by atoms with Crippen LogP contribution in [0, 0.1) is 0 Å². The molecule has 11 rings (SSSR count). The van der Waals surface area contributed by atoms with E-state index in [1.807, 2.05) is 0 Å². The van der Waals surface area contributed by atoms with Gasteiger partial charge in [0.25, 0.3) is 0 Å². The molecule has 2 heteroatoms. The Morgan fingerprint density at radius 2 is 0.914 bits per heavy atom. The average molecular weight is 739 g/mol.